The molecule has 100 valence electrons. The van der Waals surface area contributed by atoms with Gasteiger partial charge in [0, 0.05) is 19.6 Å². The molecule has 0 rings (SSSR count). The van der Waals surface area contributed by atoms with Crippen molar-refractivity contribution < 1.29 is 19.4 Å². The Hall–Kier alpha value is -1.10. The van der Waals surface area contributed by atoms with E-state index in [-0.39, 0.29) is 17.7 Å². The zero-order chi connectivity index (χ0) is 13.4. The lowest BCUT2D eigenvalue weighted by atomic mass is 9.96. The van der Waals surface area contributed by atoms with Gasteiger partial charge in [-0.05, 0) is 18.8 Å². The van der Waals surface area contributed by atoms with Crippen LogP contribution in [0.5, 0.6) is 0 Å². The van der Waals surface area contributed by atoms with Crippen LogP contribution in [0.4, 0.5) is 0 Å². The van der Waals surface area contributed by atoms with E-state index in [0.29, 0.717) is 19.4 Å². The summed E-state index contributed by atoms with van der Waals surface area (Å²) in [5.41, 5.74) is 0. The second kappa shape index (κ2) is 8.06. The maximum Gasteiger partial charge on any atom is 0.326 e. The number of nitrogens with one attached hydrogen (secondary N) is 1. The smallest absolute Gasteiger partial charge is 0.326 e. The molecule has 2 N–H and O–H groups in total. The number of aliphatic carboxylic acids is 1. The fourth-order valence-corrected chi connectivity index (χ4v) is 1.30. The van der Waals surface area contributed by atoms with E-state index in [4.69, 9.17) is 9.84 Å². The van der Waals surface area contributed by atoms with Gasteiger partial charge in [-0.2, -0.15) is 0 Å². The first kappa shape index (κ1) is 15.9. The number of hydrogen-bond acceptors (Lipinski definition) is 3. The lowest BCUT2D eigenvalue weighted by Crippen LogP contribution is -2.44. The lowest BCUT2D eigenvalue weighted by Gasteiger charge is -2.19. The van der Waals surface area contributed by atoms with Crippen LogP contribution >= 0.6 is 0 Å². The summed E-state index contributed by atoms with van der Waals surface area (Å²) in [6.45, 7) is 6.17. The Morgan fingerprint density at radius 3 is 2.29 bits per heavy atom. The van der Waals surface area contributed by atoms with Crippen LogP contribution in [0.2, 0.25) is 0 Å². The second-order valence-corrected chi connectivity index (χ2v) is 4.57. The molecule has 5 heteroatoms. The first-order valence-corrected chi connectivity index (χ1v) is 5.92. The highest BCUT2D eigenvalue weighted by Gasteiger charge is 2.23. The van der Waals surface area contributed by atoms with Gasteiger partial charge in [0.25, 0.3) is 0 Å². The molecule has 2 atom stereocenters. The summed E-state index contributed by atoms with van der Waals surface area (Å²) in [6.07, 6.45) is 1.00. The minimum Gasteiger partial charge on any atom is -0.480 e. The molecule has 0 radical (unpaired) electrons. The van der Waals surface area contributed by atoms with Crippen LogP contribution in [0, 0.1) is 11.8 Å². The minimum atomic E-state index is -0.995. The number of amides is 1. The van der Waals surface area contributed by atoms with Gasteiger partial charge in [0.15, 0.2) is 0 Å². The molecule has 0 aliphatic carbocycles. The highest BCUT2D eigenvalue weighted by Crippen LogP contribution is 2.10. The van der Waals surface area contributed by atoms with E-state index in [1.807, 2.05) is 13.8 Å². The molecular formula is C12H23NO4. The molecule has 0 aromatic rings. The number of carboxylic acids is 1. The van der Waals surface area contributed by atoms with Gasteiger partial charge >= 0.3 is 5.97 Å². The molecule has 0 spiro atoms. The highest BCUT2D eigenvalue weighted by molar-refractivity contribution is 5.84. The first-order valence-electron chi connectivity index (χ1n) is 5.92. The number of ether oxygens (including phenoxy) is 1. The summed E-state index contributed by atoms with van der Waals surface area (Å²) in [5.74, 6) is -1.18. The third-order valence-electron chi connectivity index (χ3n) is 2.87. The lowest BCUT2D eigenvalue weighted by molar-refractivity contribution is -0.142. The monoisotopic (exact) mass is 245 g/mol. The summed E-state index contributed by atoms with van der Waals surface area (Å²) in [7, 11) is 1.56. The average Bonchev–Trinajstić information content (AvgIpc) is 2.26. The fourth-order valence-electron chi connectivity index (χ4n) is 1.30. The van der Waals surface area contributed by atoms with Crippen LogP contribution in [0.15, 0.2) is 0 Å². The highest BCUT2D eigenvalue weighted by atomic mass is 16.5. The quantitative estimate of drug-likeness (QED) is 0.631. The second-order valence-electron chi connectivity index (χ2n) is 4.57. The molecule has 2 unspecified atom stereocenters. The Kier molecular flexibility index (Phi) is 7.54. The van der Waals surface area contributed by atoms with Crippen molar-refractivity contribution in [2.75, 3.05) is 13.7 Å². The molecule has 0 fully saturated rings. The van der Waals surface area contributed by atoms with E-state index in [0.717, 1.165) is 0 Å². The van der Waals surface area contributed by atoms with Crippen molar-refractivity contribution >= 4 is 11.9 Å². The van der Waals surface area contributed by atoms with Crippen molar-refractivity contribution in [3.05, 3.63) is 0 Å². The van der Waals surface area contributed by atoms with E-state index < -0.39 is 12.0 Å². The van der Waals surface area contributed by atoms with Crippen molar-refractivity contribution in [3.8, 4) is 0 Å². The van der Waals surface area contributed by atoms with Crippen molar-refractivity contribution in [3.63, 3.8) is 0 Å². The molecule has 17 heavy (non-hydrogen) atoms. The van der Waals surface area contributed by atoms with Crippen LogP contribution in [0.3, 0.4) is 0 Å². The van der Waals surface area contributed by atoms with Crippen LogP contribution < -0.4 is 5.32 Å². The first-order chi connectivity index (χ1) is 7.90. The molecule has 0 bridgehead atoms. The molecular weight excluding hydrogens is 222 g/mol. The SMILES string of the molecule is COCCCC(NC(=O)C(C)C(C)C)C(=O)O. The summed E-state index contributed by atoms with van der Waals surface area (Å²) >= 11 is 0. The Balaban J connectivity index is 4.25. The van der Waals surface area contributed by atoms with Crippen LogP contribution in [-0.4, -0.2) is 36.7 Å². The maximum absolute atomic E-state index is 11.7. The maximum atomic E-state index is 11.7. The Morgan fingerprint density at radius 1 is 1.29 bits per heavy atom. The van der Waals surface area contributed by atoms with E-state index in [9.17, 15) is 9.59 Å². The Bertz CT molecular complexity index is 253. The van der Waals surface area contributed by atoms with E-state index in [1.54, 1.807) is 14.0 Å². The molecule has 0 aromatic heterocycles. The summed E-state index contributed by atoms with van der Waals surface area (Å²) < 4.78 is 4.86. The number of hydrogen-bond donors (Lipinski definition) is 2. The standard InChI is InChI=1S/C12H23NO4/c1-8(2)9(3)11(14)13-10(12(15)16)6-5-7-17-4/h8-10H,5-7H2,1-4H3,(H,13,14)(H,15,16). The number of carbonyl (C=O) groups is 2. The Labute approximate surface area is 103 Å². The normalized spacial score (nSPS) is 14.4. The minimum absolute atomic E-state index is 0.181. The number of carbonyl (C=O) groups excluding carboxylic acids is 1. The van der Waals surface area contributed by atoms with Crippen molar-refractivity contribution in [1.29, 1.82) is 0 Å². The summed E-state index contributed by atoms with van der Waals surface area (Å²) in [5, 5.41) is 11.5. The summed E-state index contributed by atoms with van der Waals surface area (Å²) in [4.78, 5) is 22.7. The van der Waals surface area contributed by atoms with Gasteiger partial charge in [0.1, 0.15) is 6.04 Å². The zero-order valence-corrected chi connectivity index (χ0v) is 11.0. The molecule has 0 aliphatic rings. The molecule has 0 heterocycles. The molecule has 1 amide bonds. The molecule has 0 saturated carbocycles. The molecule has 0 aromatic carbocycles. The predicted molar refractivity (Wildman–Crippen MR) is 64.7 cm³/mol. The van der Waals surface area contributed by atoms with Gasteiger partial charge in [0.2, 0.25) is 5.91 Å². The zero-order valence-electron chi connectivity index (χ0n) is 11.0. The van der Waals surface area contributed by atoms with Crippen molar-refractivity contribution in [2.45, 2.75) is 39.7 Å². The van der Waals surface area contributed by atoms with Gasteiger partial charge < -0.3 is 15.2 Å². The largest absolute Gasteiger partial charge is 0.480 e. The van der Waals surface area contributed by atoms with Gasteiger partial charge in [0.05, 0.1) is 0 Å². The van der Waals surface area contributed by atoms with E-state index in [1.165, 1.54) is 0 Å². The van der Waals surface area contributed by atoms with Gasteiger partial charge in [-0.3, -0.25) is 4.79 Å². The van der Waals surface area contributed by atoms with Gasteiger partial charge in [-0.25, -0.2) is 4.79 Å². The van der Waals surface area contributed by atoms with Crippen LogP contribution in [-0.2, 0) is 14.3 Å². The topological polar surface area (TPSA) is 75.6 Å². The third kappa shape index (κ3) is 6.26. The average molecular weight is 245 g/mol. The van der Waals surface area contributed by atoms with E-state index >= 15 is 0 Å². The fraction of sp³-hybridized carbons (Fsp3) is 0.833. The third-order valence-corrected chi connectivity index (χ3v) is 2.87. The van der Waals surface area contributed by atoms with E-state index in [2.05, 4.69) is 5.32 Å². The number of carboxylic acid groups (broad SMARTS) is 1. The number of methoxy groups -OCH3 is 1. The van der Waals surface area contributed by atoms with Crippen LogP contribution in [0.1, 0.15) is 33.6 Å². The predicted octanol–water partition coefficient (Wildman–Crippen LogP) is 1.27. The van der Waals surface area contributed by atoms with Crippen molar-refractivity contribution in [2.24, 2.45) is 11.8 Å². The number of rotatable bonds is 8. The molecule has 0 aliphatic heterocycles. The molecule has 5 nitrogen and oxygen atoms in total. The Morgan fingerprint density at radius 2 is 1.88 bits per heavy atom. The van der Waals surface area contributed by atoms with Crippen molar-refractivity contribution in [1.82, 2.24) is 5.32 Å². The van der Waals surface area contributed by atoms with Gasteiger partial charge in [-0.15, -0.1) is 0 Å². The van der Waals surface area contributed by atoms with Crippen LogP contribution in [0.25, 0.3) is 0 Å². The summed E-state index contributed by atoms with van der Waals surface area (Å²) in [6, 6.07) is -0.821. The molecule has 0 saturated heterocycles. The van der Waals surface area contributed by atoms with Gasteiger partial charge in [-0.1, -0.05) is 20.8 Å².